The fourth-order valence-electron chi connectivity index (χ4n) is 2.33. The van der Waals surface area contributed by atoms with Crippen LogP contribution in [0.5, 0.6) is 0 Å². The molecule has 1 N–H and O–H groups in total. The number of nitrogens with zero attached hydrogens (tertiary/aromatic N) is 3. The summed E-state index contributed by atoms with van der Waals surface area (Å²) in [5, 5.41) is 7.32. The summed E-state index contributed by atoms with van der Waals surface area (Å²) in [6.07, 6.45) is 1.25. The number of hydrogen-bond donors (Lipinski definition) is 1. The number of nitrogens with one attached hydrogen (secondary N) is 1. The highest BCUT2D eigenvalue weighted by Gasteiger charge is 2.25. The van der Waals surface area contributed by atoms with Gasteiger partial charge in [-0.25, -0.2) is 0 Å². The maximum Gasteiger partial charge on any atom is 0.232 e. The first kappa shape index (κ1) is 13.5. The molecule has 1 aliphatic heterocycles. The van der Waals surface area contributed by atoms with Crippen molar-refractivity contribution in [2.45, 2.75) is 39.2 Å². The third-order valence-electron chi connectivity index (χ3n) is 3.34. The number of aromatic nitrogens is 2. The third kappa shape index (κ3) is 3.29. The molecule has 18 heavy (non-hydrogen) atoms. The molecular formula is C13H24N4O. The third-order valence-corrected chi connectivity index (χ3v) is 3.34. The average molecular weight is 252 g/mol. The van der Waals surface area contributed by atoms with Gasteiger partial charge in [-0.05, 0) is 32.5 Å². The van der Waals surface area contributed by atoms with E-state index in [2.05, 4.69) is 41.1 Å². The summed E-state index contributed by atoms with van der Waals surface area (Å²) in [4.78, 5) is 6.88. The van der Waals surface area contributed by atoms with Crippen molar-refractivity contribution in [2.75, 3.05) is 26.7 Å². The SMILES string of the molecule is CNCC1CCN(Cc2noc(C(C)(C)C)n2)C1. The van der Waals surface area contributed by atoms with Crippen molar-refractivity contribution in [1.82, 2.24) is 20.4 Å². The lowest BCUT2D eigenvalue weighted by molar-refractivity contribution is 0.290. The minimum absolute atomic E-state index is 0.0646. The van der Waals surface area contributed by atoms with Gasteiger partial charge < -0.3 is 9.84 Å². The van der Waals surface area contributed by atoms with Gasteiger partial charge in [0.05, 0.1) is 6.54 Å². The maximum atomic E-state index is 5.31. The van der Waals surface area contributed by atoms with Gasteiger partial charge in [-0.15, -0.1) is 0 Å². The van der Waals surface area contributed by atoms with E-state index in [1.807, 2.05) is 7.05 Å². The highest BCUT2D eigenvalue weighted by molar-refractivity contribution is 4.98. The van der Waals surface area contributed by atoms with Crippen LogP contribution in [0.25, 0.3) is 0 Å². The summed E-state index contributed by atoms with van der Waals surface area (Å²) < 4.78 is 5.31. The summed E-state index contributed by atoms with van der Waals surface area (Å²) >= 11 is 0. The second kappa shape index (κ2) is 5.36. The van der Waals surface area contributed by atoms with Crippen LogP contribution >= 0.6 is 0 Å². The first-order valence-corrected chi connectivity index (χ1v) is 6.69. The van der Waals surface area contributed by atoms with Crippen LogP contribution in [0.2, 0.25) is 0 Å². The van der Waals surface area contributed by atoms with Crippen molar-refractivity contribution in [3.05, 3.63) is 11.7 Å². The van der Waals surface area contributed by atoms with Gasteiger partial charge in [-0.2, -0.15) is 4.98 Å². The highest BCUT2D eigenvalue weighted by atomic mass is 16.5. The summed E-state index contributed by atoms with van der Waals surface area (Å²) in [5.74, 6) is 2.29. The van der Waals surface area contributed by atoms with Crippen molar-refractivity contribution >= 4 is 0 Å². The monoisotopic (exact) mass is 252 g/mol. The standard InChI is InChI=1S/C13H24N4O/c1-13(2,3)12-15-11(16-18-12)9-17-6-5-10(8-17)7-14-4/h10,14H,5-9H2,1-4H3. The van der Waals surface area contributed by atoms with Crippen molar-refractivity contribution < 1.29 is 4.52 Å². The largest absolute Gasteiger partial charge is 0.339 e. The Bertz CT molecular complexity index is 383. The van der Waals surface area contributed by atoms with Gasteiger partial charge in [0.2, 0.25) is 5.89 Å². The molecule has 1 fully saturated rings. The molecule has 0 spiro atoms. The first-order valence-electron chi connectivity index (χ1n) is 6.69. The Morgan fingerprint density at radius 2 is 2.22 bits per heavy atom. The molecule has 2 heterocycles. The predicted octanol–water partition coefficient (Wildman–Crippen LogP) is 1.41. The van der Waals surface area contributed by atoms with Crippen LogP contribution in [0.4, 0.5) is 0 Å². The second-order valence-corrected chi connectivity index (χ2v) is 6.21. The summed E-state index contributed by atoms with van der Waals surface area (Å²) in [5.41, 5.74) is -0.0646. The van der Waals surface area contributed by atoms with E-state index in [0.29, 0.717) is 0 Å². The number of rotatable bonds is 4. The molecule has 1 aliphatic rings. The lowest BCUT2D eigenvalue weighted by atomic mass is 9.97. The lowest BCUT2D eigenvalue weighted by Gasteiger charge is -2.13. The Balaban J connectivity index is 1.89. The average Bonchev–Trinajstić information content (AvgIpc) is 2.88. The summed E-state index contributed by atoms with van der Waals surface area (Å²) in [6, 6.07) is 0. The lowest BCUT2D eigenvalue weighted by Crippen LogP contribution is -2.24. The fourth-order valence-corrected chi connectivity index (χ4v) is 2.33. The van der Waals surface area contributed by atoms with Crippen molar-refractivity contribution in [3.8, 4) is 0 Å². The normalized spacial score (nSPS) is 21.7. The minimum atomic E-state index is -0.0646. The maximum absolute atomic E-state index is 5.31. The van der Waals surface area contributed by atoms with Crippen LogP contribution in [0.3, 0.4) is 0 Å². The van der Waals surface area contributed by atoms with Gasteiger partial charge in [0, 0.05) is 12.0 Å². The molecule has 1 unspecified atom stereocenters. The van der Waals surface area contributed by atoms with Crippen molar-refractivity contribution in [1.29, 1.82) is 0 Å². The van der Waals surface area contributed by atoms with E-state index in [4.69, 9.17) is 4.52 Å². The molecule has 1 atom stereocenters. The van der Waals surface area contributed by atoms with E-state index in [1.54, 1.807) is 0 Å². The van der Waals surface area contributed by atoms with E-state index < -0.39 is 0 Å². The Morgan fingerprint density at radius 3 is 2.83 bits per heavy atom. The topological polar surface area (TPSA) is 54.2 Å². The van der Waals surface area contributed by atoms with Crippen LogP contribution in [-0.4, -0.2) is 41.7 Å². The molecule has 102 valence electrons. The van der Waals surface area contributed by atoms with Gasteiger partial charge in [-0.1, -0.05) is 25.9 Å². The molecule has 1 saturated heterocycles. The quantitative estimate of drug-likeness (QED) is 0.878. The summed E-state index contributed by atoms with van der Waals surface area (Å²) in [7, 11) is 2.01. The smallest absolute Gasteiger partial charge is 0.232 e. The van der Waals surface area contributed by atoms with Gasteiger partial charge in [-0.3, -0.25) is 4.90 Å². The fraction of sp³-hybridized carbons (Fsp3) is 0.846. The zero-order valence-corrected chi connectivity index (χ0v) is 11.9. The first-order chi connectivity index (χ1) is 8.49. The van der Waals surface area contributed by atoms with Gasteiger partial charge in [0.1, 0.15) is 0 Å². The zero-order valence-electron chi connectivity index (χ0n) is 11.9. The molecule has 0 amide bonds. The molecule has 5 nitrogen and oxygen atoms in total. The van der Waals surface area contributed by atoms with Crippen LogP contribution < -0.4 is 5.32 Å². The molecule has 1 aromatic rings. The molecule has 0 bridgehead atoms. The Morgan fingerprint density at radius 1 is 1.44 bits per heavy atom. The summed E-state index contributed by atoms with van der Waals surface area (Å²) in [6.45, 7) is 10.4. The predicted molar refractivity (Wildman–Crippen MR) is 70.3 cm³/mol. The van der Waals surface area contributed by atoms with E-state index >= 15 is 0 Å². The zero-order chi connectivity index (χ0) is 13.2. The van der Waals surface area contributed by atoms with Crippen LogP contribution in [0.15, 0.2) is 4.52 Å². The van der Waals surface area contributed by atoms with Crippen LogP contribution in [0.1, 0.15) is 38.9 Å². The molecule has 2 rings (SSSR count). The van der Waals surface area contributed by atoms with Crippen molar-refractivity contribution in [2.24, 2.45) is 5.92 Å². The van der Waals surface area contributed by atoms with E-state index in [-0.39, 0.29) is 5.41 Å². The molecule has 0 aromatic carbocycles. The molecule has 5 heteroatoms. The Kier molecular flexibility index (Phi) is 4.02. The van der Waals surface area contributed by atoms with Gasteiger partial charge in [0.15, 0.2) is 5.82 Å². The Labute approximate surface area is 109 Å². The molecule has 0 saturated carbocycles. The molecule has 0 aliphatic carbocycles. The van der Waals surface area contributed by atoms with E-state index in [9.17, 15) is 0 Å². The molecule has 0 radical (unpaired) electrons. The van der Waals surface area contributed by atoms with Gasteiger partial charge >= 0.3 is 0 Å². The van der Waals surface area contributed by atoms with E-state index in [1.165, 1.54) is 6.42 Å². The number of likely N-dealkylation sites (tertiary alicyclic amines) is 1. The van der Waals surface area contributed by atoms with Crippen LogP contribution in [0, 0.1) is 5.92 Å². The Hall–Kier alpha value is -0.940. The number of hydrogen-bond acceptors (Lipinski definition) is 5. The molecule has 1 aromatic heterocycles. The highest BCUT2D eigenvalue weighted by Crippen LogP contribution is 2.21. The van der Waals surface area contributed by atoms with Gasteiger partial charge in [0.25, 0.3) is 0 Å². The van der Waals surface area contributed by atoms with Crippen molar-refractivity contribution in [3.63, 3.8) is 0 Å². The van der Waals surface area contributed by atoms with Crippen LogP contribution in [-0.2, 0) is 12.0 Å². The second-order valence-electron chi connectivity index (χ2n) is 6.21. The minimum Gasteiger partial charge on any atom is -0.339 e. The van der Waals surface area contributed by atoms with E-state index in [0.717, 1.165) is 43.8 Å². The molecular weight excluding hydrogens is 228 g/mol.